The molecule has 0 spiro atoms. The van der Waals surface area contributed by atoms with Gasteiger partial charge in [0, 0.05) is 64.4 Å². The number of hydrogen-bond donors (Lipinski definition) is 1. The minimum Gasteiger partial charge on any atom is -0.355 e. The Bertz CT molecular complexity index is 543. The van der Waals surface area contributed by atoms with Crippen LogP contribution in [0.4, 0.5) is 0 Å². The number of hydrogen-bond acceptors (Lipinski definition) is 3. The second kappa shape index (κ2) is 12.0. The smallest absolute Gasteiger partial charge is 0.193 e. The van der Waals surface area contributed by atoms with Gasteiger partial charge in [0.05, 0.1) is 0 Å². The molecule has 1 N–H and O–H groups in total. The highest BCUT2D eigenvalue weighted by molar-refractivity contribution is 14.0. The zero-order chi connectivity index (χ0) is 18.2. The molecule has 0 aromatic heterocycles. The lowest BCUT2D eigenvalue weighted by Crippen LogP contribution is -2.53. The molecule has 0 saturated carbocycles. The van der Waals surface area contributed by atoms with E-state index in [2.05, 4.69) is 58.0 Å². The Morgan fingerprint density at radius 3 is 2.38 bits per heavy atom. The summed E-state index contributed by atoms with van der Waals surface area (Å²) in [5, 5.41) is 4.29. The van der Waals surface area contributed by atoms with Gasteiger partial charge in [-0.2, -0.15) is 0 Å². The van der Waals surface area contributed by atoms with Gasteiger partial charge in [-0.1, -0.05) is 30.7 Å². The summed E-state index contributed by atoms with van der Waals surface area (Å²) in [6, 6.07) is 8.47. The highest BCUT2D eigenvalue weighted by Gasteiger charge is 2.20. The number of nitrogens with zero attached hydrogens (tertiary/aromatic N) is 4. The van der Waals surface area contributed by atoms with E-state index in [4.69, 9.17) is 11.6 Å². The topological polar surface area (TPSA) is 34.1 Å². The Morgan fingerprint density at radius 1 is 1.23 bits per heavy atom. The molecule has 1 fully saturated rings. The standard InChI is InChI=1S/C19H32ClN5.HI/c1-5-24-10-12-25(13-11-24)16(2)14-22-19(21-3)23(4)15-17-6-8-18(20)9-7-17;/h6-9,16H,5,10-15H2,1-4H3,(H,21,22);1H. The molecule has 7 heteroatoms. The zero-order valence-corrected chi connectivity index (χ0v) is 19.5. The molecular formula is C19H33ClIN5. The Kier molecular flexibility index (Phi) is 10.8. The molecule has 1 aromatic rings. The molecule has 0 aliphatic carbocycles. The number of aliphatic imine (C=N–C) groups is 1. The average molecular weight is 494 g/mol. The third-order valence-corrected chi connectivity index (χ3v) is 5.19. The second-order valence-corrected chi connectivity index (χ2v) is 7.17. The Hall–Kier alpha value is -0.570. The molecule has 1 saturated heterocycles. The first-order valence-corrected chi connectivity index (χ1v) is 9.54. The van der Waals surface area contributed by atoms with Gasteiger partial charge in [0.2, 0.25) is 0 Å². The summed E-state index contributed by atoms with van der Waals surface area (Å²) < 4.78 is 0. The quantitative estimate of drug-likeness (QED) is 0.375. The predicted molar refractivity (Wildman–Crippen MR) is 123 cm³/mol. The van der Waals surface area contributed by atoms with E-state index in [1.165, 1.54) is 18.7 Å². The van der Waals surface area contributed by atoms with Gasteiger partial charge in [-0.05, 0) is 31.2 Å². The number of likely N-dealkylation sites (N-methyl/N-ethyl adjacent to an activating group) is 1. The Balaban J connectivity index is 0.00000338. The van der Waals surface area contributed by atoms with Crippen LogP contribution in [-0.2, 0) is 6.54 Å². The summed E-state index contributed by atoms with van der Waals surface area (Å²) >= 11 is 5.96. The molecule has 148 valence electrons. The van der Waals surface area contributed by atoms with Gasteiger partial charge in [-0.15, -0.1) is 24.0 Å². The van der Waals surface area contributed by atoms with E-state index in [1.807, 2.05) is 19.2 Å². The van der Waals surface area contributed by atoms with Gasteiger partial charge in [-0.3, -0.25) is 9.89 Å². The van der Waals surface area contributed by atoms with Crippen LogP contribution in [0.15, 0.2) is 29.3 Å². The predicted octanol–water partition coefficient (Wildman–Crippen LogP) is 2.99. The number of benzene rings is 1. The maximum atomic E-state index is 5.96. The molecule has 2 rings (SSSR count). The lowest BCUT2D eigenvalue weighted by molar-refractivity contribution is 0.107. The van der Waals surface area contributed by atoms with Crippen LogP contribution < -0.4 is 5.32 Å². The van der Waals surface area contributed by atoms with Gasteiger partial charge >= 0.3 is 0 Å². The molecular weight excluding hydrogens is 461 g/mol. The molecule has 0 amide bonds. The van der Waals surface area contributed by atoms with Gasteiger partial charge in [0.1, 0.15) is 0 Å². The minimum absolute atomic E-state index is 0. The summed E-state index contributed by atoms with van der Waals surface area (Å²) in [6.07, 6.45) is 0. The summed E-state index contributed by atoms with van der Waals surface area (Å²) in [4.78, 5) is 11.6. The lowest BCUT2D eigenvalue weighted by atomic mass is 10.2. The van der Waals surface area contributed by atoms with Crippen LogP contribution in [0.5, 0.6) is 0 Å². The van der Waals surface area contributed by atoms with Crippen LogP contribution in [0.25, 0.3) is 0 Å². The molecule has 0 radical (unpaired) electrons. The van der Waals surface area contributed by atoms with Crippen molar-refractivity contribution < 1.29 is 0 Å². The van der Waals surface area contributed by atoms with Crippen molar-refractivity contribution in [2.45, 2.75) is 26.4 Å². The number of guanidine groups is 1. The van der Waals surface area contributed by atoms with Crippen LogP contribution in [0, 0.1) is 0 Å². The van der Waals surface area contributed by atoms with Gasteiger partial charge in [0.25, 0.3) is 0 Å². The Labute approximate surface area is 180 Å². The molecule has 1 aliphatic heterocycles. The number of nitrogens with one attached hydrogen (secondary N) is 1. The van der Waals surface area contributed by atoms with E-state index in [0.29, 0.717) is 6.04 Å². The first-order valence-electron chi connectivity index (χ1n) is 9.16. The van der Waals surface area contributed by atoms with Crippen molar-refractivity contribution in [3.05, 3.63) is 34.9 Å². The normalized spacial score (nSPS) is 17.5. The van der Waals surface area contributed by atoms with Crippen molar-refractivity contribution >= 4 is 41.5 Å². The fourth-order valence-corrected chi connectivity index (χ4v) is 3.34. The molecule has 5 nitrogen and oxygen atoms in total. The van der Waals surface area contributed by atoms with Crippen molar-refractivity contribution in [3.8, 4) is 0 Å². The second-order valence-electron chi connectivity index (χ2n) is 6.73. The third kappa shape index (κ3) is 7.21. The molecule has 1 atom stereocenters. The van der Waals surface area contributed by atoms with Gasteiger partial charge in [0.15, 0.2) is 5.96 Å². The largest absolute Gasteiger partial charge is 0.355 e. The average Bonchev–Trinajstić information content (AvgIpc) is 2.64. The minimum atomic E-state index is 0. The van der Waals surface area contributed by atoms with Crippen molar-refractivity contribution in [1.82, 2.24) is 20.0 Å². The van der Waals surface area contributed by atoms with Crippen molar-refractivity contribution in [1.29, 1.82) is 0 Å². The molecule has 1 aliphatic rings. The van der Waals surface area contributed by atoms with E-state index in [1.54, 1.807) is 0 Å². The van der Waals surface area contributed by atoms with Crippen LogP contribution in [0.1, 0.15) is 19.4 Å². The lowest BCUT2D eigenvalue weighted by Gasteiger charge is -2.38. The first kappa shape index (κ1) is 23.5. The van der Waals surface area contributed by atoms with Crippen molar-refractivity contribution in [3.63, 3.8) is 0 Å². The fraction of sp³-hybridized carbons (Fsp3) is 0.632. The number of rotatable bonds is 6. The Morgan fingerprint density at radius 2 is 1.85 bits per heavy atom. The maximum Gasteiger partial charge on any atom is 0.193 e. The number of piperazine rings is 1. The van der Waals surface area contributed by atoms with Crippen LogP contribution >= 0.6 is 35.6 Å². The molecule has 26 heavy (non-hydrogen) atoms. The molecule has 0 bridgehead atoms. The molecule has 1 aromatic carbocycles. The molecule has 1 unspecified atom stereocenters. The third-order valence-electron chi connectivity index (χ3n) is 4.94. The summed E-state index contributed by atoms with van der Waals surface area (Å²) in [5.74, 6) is 0.925. The van der Waals surface area contributed by atoms with E-state index in [0.717, 1.165) is 43.7 Å². The zero-order valence-electron chi connectivity index (χ0n) is 16.4. The van der Waals surface area contributed by atoms with E-state index in [9.17, 15) is 0 Å². The van der Waals surface area contributed by atoms with E-state index >= 15 is 0 Å². The SMILES string of the molecule is CCN1CCN(C(C)CNC(=NC)N(C)Cc2ccc(Cl)cc2)CC1.I. The molecule has 1 heterocycles. The van der Waals surface area contributed by atoms with Crippen molar-refractivity contribution in [2.75, 3.05) is 53.4 Å². The number of halogens is 2. The van der Waals surface area contributed by atoms with Crippen LogP contribution in [0.2, 0.25) is 5.02 Å². The maximum absolute atomic E-state index is 5.96. The highest BCUT2D eigenvalue weighted by Crippen LogP contribution is 2.11. The summed E-state index contributed by atoms with van der Waals surface area (Å²) in [6.45, 7) is 12.0. The van der Waals surface area contributed by atoms with Gasteiger partial charge in [-0.25, -0.2) is 0 Å². The van der Waals surface area contributed by atoms with Crippen LogP contribution in [-0.4, -0.2) is 80.1 Å². The summed E-state index contributed by atoms with van der Waals surface area (Å²) in [7, 11) is 3.90. The van der Waals surface area contributed by atoms with E-state index < -0.39 is 0 Å². The van der Waals surface area contributed by atoms with Gasteiger partial charge < -0.3 is 15.1 Å². The monoisotopic (exact) mass is 493 g/mol. The van der Waals surface area contributed by atoms with E-state index in [-0.39, 0.29) is 24.0 Å². The highest BCUT2D eigenvalue weighted by atomic mass is 127. The summed E-state index contributed by atoms with van der Waals surface area (Å²) in [5.41, 5.74) is 1.22. The fourth-order valence-electron chi connectivity index (χ4n) is 3.21. The van der Waals surface area contributed by atoms with Crippen LogP contribution in [0.3, 0.4) is 0 Å². The first-order chi connectivity index (χ1) is 12.0. The van der Waals surface area contributed by atoms with Crippen molar-refractivity contribution in [2.24, 2.45) is 4.99 Å².